The number of urea groups is 1. The van der Waals surface area contributed by atoms with Gasteiger partial charge in [0.1, 0.15) is 11.9 Å². The summed E-state index contributed by atoms with van der Waals surface area (Å²) in [5, 5.41) is 11.5. The molecule has 0 unspecified atom stereocenters. The van der Waals surface area contributed by atoms with Crippen molar-refractivity contribution in [1.29, 1.82) is 5.26 Å². The van der Waals surface area contributed by atoms with Crippen LogP contribution in [0.25, 0.3) is 0 Å². The predicted octanol–water partition coefficient (Wildman–Crippen LogP) is 2.97. The van der Waals surface area contributed by atoms with Crippen molar-refractivity contribution in [2.75, 3.05) is 33.2 Å². The number of alkyl halides is 2. The first-order valence-electron chi connectivity index (χ1n) is 11.7. The molecule has 7 nitrogen and oxygen atoms in total. The van der Waals surface area contributed by atoms with Crippen molar-refractivity contribution < 1.29 is 22.8 Å². The number of nitrogens with one attached hydrogen (secondary N) is 1. The minimum Gasteiger partial charge on any atom is -0.326 e. The molecule has 3 aliphatic rings. The van der Waals surface area contributed by atoms with Crippen LogP contribution in [0.5, 0.6) is 0 Å². The van der Waals surface area contributed by atoms with Crippen LogP contribution in [0, 0.1) is 22.7 Å². The summed E-state index contributed by atoms with van der Waals surface area (Å²) in [6.45, 7) is 3.07. The molecule has 2 aliphatic heterocycles. The van der Waals surface area contributed by atoms with Crippen LogP contribution in [0.2, 0.25) is 0 Å². The molecule has 2 heterocycles. The fourth-order valence-electron chi connectivity index (χ4n) is 5.04. The molecule has 1 aromatic carbocycles. The fraction of sp³-hybridized carbons (Fsp3) is 0.625. The number of likely N-dealkylation sites (N-methyl/N-ethyl adjacent to an activating group) is 1. The second-order valence-corrected chi connectivity index (χ2v) is 9.95. The summed E-state index contributed by atoms with van der Waals surface area (Å²) in [5.41, 5.74) is -0.124. The number of benzene rings is 1. The number of hydrogen-bond donors (Lipinski definition) is 1. The smallest absolute Gasteiger partial charge is 0.318 e. The largest absolute Gasteiger partial charge is 0.326 e. The molecule has 2 saturated heterocycles. The number of carbonyl (C=O) groups is 2. The van der Waals surface area contributed by atoms with Gasteiger partial charge in [-0.05, 0) is 50.4 Å². The Labute approximate surface area is 197 Å². The first-order valence-corrected chi connectivity index (χ1v) is 11.7. The van der Waals surface area contributed by atoms with Gasteiger partial charge in [0.2, 0.25) is 0 Å². The maximum Gasteiger partial charge on any atom is 0.318 e. The molecule has 0 aromatic heterocycles. The van der Waals surface area contributed by atoms with Gasteiger partial charge in [-0.15, -0.1) is 0 Å². The molecule has 10 heteroatoms. The summed E-state index contributed by atoms with van der Waals surface area (Å²) in [4.78, 5) is 30.1. The summed E-state index contributed by atoms with van der Waals surface area (Å²) < 4.78 is 43.5. The molecule has 34 heavy (non-hydrogen) atoms. The first kappa shape index (κ1) is 24.3. The molecule has 3 fully saturated rings. The molecule has 1 saturated carbocycles. The van der Waals surface area contributed by atoms with Gasteiger partial charge in [-0.1, -0.05) is 18.2 Å². The number of carbonyl (C=O) groups excluding carboxylic acids is 2. The molecule has 4 rings (SSSR count). The Morgan fingerprint density at radius 2 is 1.91 bits per heavy atom. The standard InChI is InChI=1S/C24H30F3N5O2/c1-30(16-28)21(33)20(13-24(26,27)12-17-4-2-3-5-19(17)25)29-22(34)32-14-23(15-32)8-10-31(11-9-23)18-6-7-18/h2-5,18,20H,6-15H2,1H3,(H,29,34)/t20-/m0/s1. The van der Waals surface area contributed by atoms with E-state index in [1.807, 2.05) is 0 Å². The van der Waals surface area contributed by atoms with Crippen LogP contribution in [0.4, 0.5) is 18.0 Å². The Balaban J connectivity index is 1.36. The lowest BCUT2D eigenvalue weighted by atomic mass is 9.72. The molecule has 0 bridgehead atoms. The van der Waals surface area contributed by atoms with Crippen LogP contribution >= 0.6 is 0 Å². The summed E-state index contributed by atoms with van der Waals surface area (Å²) >= 11 is 0. The number of rotatable bonds is 7. The van der Waals surface area contributed by atoms with Crippen molar-refractivity contribution in [2.24, 2.45) is 5.41 Å². The third-order valence-electron chi connectivity index (χ3n) is 7.25. The summed E-state index contributed by atoms with van der Waals surface area (Å²) in [6, 6.07) is 3.72. The monoisotopic (exact) mass is 477 g/mol. The maximum atomic E-state index is 14.8. The zero-order valence-corrected chi connectivity index (χ0v) is 19.3. The van der Waals surface area contributed by atoms with Crippen molar-refractivity contribution >= 4 is 11.9 Å². The number of hydrogen-bond acceptors (Lipinski definition) is 4. The highest BCUT2D eigenvalue weighted by Gasteiger charge is 2.49. The lowest BCUT2D eigenvalue weighted by Gasteiger charge is -2.54. The minimum atomic E-state index is -3.47. The molecule has 1 aromatic rings. The van der Waals surface area contributed by atoms with Crippen LogP contribution in [0.1, 0.15) is 37.7 Å². The molecule has 1 atom stereocenters. The van der Waals surface area contributed by atoms with E-state index >= 15 is 0 Å². The third-order valence-corrected chi connectivity index (χ3v) is 7.25. The number of likely N-dealkylation sites (tertiary alicyclic amines) is 2. The van der Waals surface area contributed by atoms with E-state index < -0.39 is 42.6 Å². The minimum absolute atomic E-state index is 0.0560. The van der Waals surface area contributed by atoms with Crippen LogP contribution in [-0.4, -0.2) is 77.9 Å². The molecule has 0 radical (unpaired) electrons. The van der Waals surface area contributed by atoms with Gasteiger partial charge in [0, 0.05) is 44.4 Å². The normalized spacial score (nSPS) is 20.9. The maximum absolute atomic E-state index is 14.8. The molecule has 1 spiro atoms. The number of piperidine rings is 1. The highest BCUT2D eigenvalue weighted by Crippen LogP contribution is 2.42. The lowest BCUT2D eigenvalue weighted by molar-refractivity contribution is -0.132. The average molecular weight is 478 g/mol. The van der Waals surface area contributed by atoms with Crippen LogP contribution in [-0.2, 0) is 11.2 Å². The number of amides is 3. The van der Waals surface area contributed by atoms with Gasteiger partial charge in [0.15, 0.2) is 6.19 Å². The Morgan fingerprint density at radius 1 is 1.26 bits per heavy atom. The topological polar surface area (TPSA) is 79.7 Å². The van der Waals surface area contributed by atoms with Crippen LogP contribution in [0.3, 0.4) is 0 Å². The Kier molecular flexibility index (Phi) is 6.76. The van der Waals surface area contributed by atoms with Crippen molar-refractivity contribution in [1.82, 2.24) is 20.0 Å². The van der Waals surface area contributed by atoms with E-state index in [0.717, 1.165) is 39.0 Å². The molecule has 1 aliphatic carbocycles. The Hall–Kier alpha value is -2.80. The van der Waals surface area contributed by atoms with Gasteiger partial charge in [-0.3, -0.25) is 9.69 Å². The summed E-state index contributed by atoms with van der Waals surface area (Å²) in [6.07, 6.45) is 4.15. The van der Waals surface area contributed by atoms with Gasteiger partial charge in [0.25, 0.3) is 11.8 Å². The van der Waals surface area contributed by atoms with E-state index in [-0.39, 0.29) is 11.0 Å². The van der Waals surface area contributed by atoms with Crippen molar-refractivity contribution in [3.8, 4) is 6.19 Å². The molecule has 1 N–H and O–H groups in total. The SMILES string of the molecule is CN(C#N)C(=O)[C@H](CC(F)(F)Cc1ccccc1F)NC(=O)N1CC2(CCN(C3CC3)CC2)C1. The van der Waals surface area contributed by atoms with Crippen LogP contribution in [0.15, 0.2) is 24.3 Å². The quantitative estimate of drug-likeness (QED) is 0.484. The highest BCUT2D eigenvalue weighted by atomic mass is 19.3. The van der Waals surface area contributed by atoms with E-state index in [1.165, 1.54) is 35.9 Å². The van der Waals surface area contributed by atoms with Gasteiger partial charge in [-0.25, -0.2) is 18.0 Å². The van der Waals surface area contributed by atoms with E-state index in [2.05, 4.69) is 10.2 Å². The third kappa shape index (κ3) is 5.46. The molecular formula is C24H30F3N5O2. The van der Waals surface area contributed by atoms with Crippen molar-refractivity contribution in [2.45, 2.75) is 56.5 Å². The first-order chi connectivity index (χ1) is 16.1. The number of nitrogens with zero attached hydrogens (tertiary/aromatic N) is 4. The van der Waals surface area contributed by atoms with Crippen LogP contribution < -0.4 is 5.32 Å². The van der Waals surface area contributed by atoms with Gasteiger partial charge in [0.05, 0.1) is 0 Å². The molecule has 3 amide bonds. The number of halogens is 3. The molecule has 184 valence electrons. The van der Waals surface area contributed by atoms with Crippen molar-refractivity contribution in [3.05, 3.63) is 35.6 Å². The lowest BCUT2D eigenvalue weighted by Crippen LogP contribution is -2.65. The second kappa shape index (κ2) is 9.45. The van der Waals surface area contributed by atoms with Gasteiger partial charge < -0.3 is 15.1 Å². The zero-order chi connectivity index (χ0) is 24.5. The predicted molar refractivity (Wildman–Crippen MR) is 118 cm³/mol. The Morgan fingerprint density at radius 3 is 2.50 bits per heavy atom. The highest BCUT2D eigenvalue weighted by molar-refractivity contribution is 5.88. The van der Waals surface area contributed by atoms with Crippen molar-refractivity contribution in [3.63, 3.8) is 0 Å². The number of nitriles is 1. The second-order valence-electron chi connectivity index (χ2n) is 9.95. The van der Waals surface area contributed by atoms with E-state index in [1.54, 1.807) is 6.19 Å². The Bertz CT molecular complexity index is 962. The zero-order valence-electron chi connectivity index (χ0n) is 19.3. The molecular weight excluding hydrogens is 447 g/mol. The van der Waals surface area contributed by atoms with Gasteiger partial charge >= 0.3 is 6.03 Å². The van der Waals surface area contributed by atoms with Gasteiger partial charge in [-0.2, -0.15) is 5.26 Å². The van der Waals surface area contributed by atoms with E-state index in [0.29, 0.717) is 24.0 Å². The fourth-order valence-corrected chi connectivity index (χ4v) is 5.04. The summed E-state index contributed by atoms with van der Waals surface area (Å²) in [5.74, 6) is -5.17. The average Bonchev–Trinajstić information content (AvgIpc) is 3.62. The summed E-state index contributed by atoms with van der Waals surface area (Å²) in [7, 11) is 1.16. The van der Waals surface area contributed by atoms with E-state index in [4.69, 9.17) is 5.26 Å². The van der Waals surface area contributed by atoms with E-state index in [9.17, 15) is 22.8 Å².